The highest BCUT2D eigenvalue weighted by Gasteiger charge is 1.92. The molecule has 1 heterocycles. The van der Waals surface area contributed by atoms with E-state index >= 15 is 0 Å². The molecule has 0 aliphatic rings. The smallest absolute Gasteiger partial charge is 0.222 e. The van der Waals surface area contributed by atoms with E-state index in [4.69, 9.17) is 0 Å². The van der Waals surface area contributed by atoms with Crippen molar-refractivity contribution < 1.29 is 4.79 Å². The summed E-state index contributed by atoms with van der Waals surface area (Å²) in [5, 5.41) is 2.50. The first-order valence-corrected chi connectivity index (χ1v) is 2.89. The van der Waals surface area contributed by atoms with Gasteiger partial charge < -0.3 is 5.32 Å². The predicted molar refractivity (Wildman–Crippen MR) is 37.4 cm³/mol. The fourth-order valence-corrected chi connectivity index (χ4v) is 0.560. The molecule has 0 unspecified atom stereocenters. The molecule has 1 aromatic heterocycles. The van der Waals surface area contributed by atoms with E-state index in [0.29, 0.717) is 5.82 Å². The lowest BCUT2D eigenvalue weighted by atomic mass is 10.4. The first kappa shape index (κ1) is 6.74. The maximum absolute atomic E-state index is 10.4. The Morgan fingerprint density at radius 3 is 3.10 bits per heavy atom. The van der Waals surface area contributed by atoms with Crippen LogP contribution in [0.3, 0.4) is 0 Å². The molecule has 10 heavy (non-hydrogen) atoms. The summed E-state index contributed by atoms with van der Waals surface area (Å²) in [5.74, 6) is 0.338. The van der Waals surface area contributed by atoms with Crippen LogP contribution in [-0.4, -0.2) is 10.9 Å². The van der Waals surface area contributed by atoms with Crippen LogP contribution in [0.25, 0.3) is 0 Å². The molecule has 0 saturated heterocycles. The van der Waals surface area contributed by atoms with Crippen LogP contribution in [0.4, 0.5) is 5.82 Å². The summed E-state index contributed by atoms with van der Waals surface area (Å²) in [6, 6.07) is 6.19. The molecule has 0 atom stereocenters. The maximum Gasteiger partial charge on any atom is 0.222 e. The lowest BCUT2D eigenvalue weighted by Gasteiger charge is -1.96. The van der Waals surface area contributed by atoms with Gasteiger partial charge in [0.1, 0.15) is 5.82 Å². The average Bonchev–Trinajstić information content (AvgIpc) is 1.88. The van der Waals surface area contributed by atoms with E-state index in [2.05, 4.69) is 16.4 Å². The molecule has 0 aliphatic heterocycles. The van der Waals surface area contributed by atoms with E-state index in [-0.39, 0.29) is 5.91 Å². The monoisotopic (exact) mass is 135 g/mol. The van der Waals surface area contributed by atoms with E-state index in [1.54, 1.807) is 18.3 Å². The van der Waals surface area contributed by atoms with Crippen molar-refractivity contribution in [1.82, 2.24) is 4.98 Å². The molecule has 1 N–H and O–H groups in total. The van der Waals surface area contributed by atoms with Crippen molar-refractivity contribution in [3.8, 4) is 0 Å². The van der Waals surface area contributed by atoms with Crippen molar-refractivity contribution >= 4 is 11.7 Å². The van der Waals surface area contributed by atoms with Crippen molar-refractivity contribution in [3.05, 3.63) is 24.4 Å². The Bertz CT molecular complexity index is 220. The highest BCUT2D eigenvalue weighted by molar-refractivity contribution is 5.87. The van der Waals surface area contributed by atoms with Crippen LogP contribution in [0.5, 0.6) is 0 Å². The lowest BCUT2D eigenvalue weighted by molar-refractivity contribution is -0.114. The van der Waals surface area contributed by atoms with Crippen molar-refractivity contribution in [3.63, 3.8) is 0 Å². The van der Waals surface area contributed by atoms with Gasteiger partial charge in [-0.3, -0.25) is 4.79 Å². The summed E-state index contributed by atoms with van der Waals surface area (Å²) in [6.45, 7) is 1.43. The van der Waals surface area contributed by atoms with E-state index in [9.17, 15) is 4.79 Å². The fraction of sp³-hybridized carbons (Fsp3) is 0.143. The maximum atomic E-state index is 10.4. The zero-order chi connectivity index (χ0) is 7.40. The van der Waals surface area contributed by atoms with Crippen LogP contribution in [0.1, 0.15) is 6.92 Å². The lowest BCUT2D eigenvalue weighted by Crippen LogP contribution is -2.06. The number of hydrogen-bond acceptors (Lipinski definition) is 2. The molecule has 0 bridgehead atoms. The van der Waals surface area contributed by atoms with Crippen molar-refractivity contribution in [1.29, 1.82) is 0 Å². The molecule has 0 fully saturated rings. The van der Waals surface area contributed by atoms with Gasteiger partial charge in [0.2, 0.25) is 5.91 Å². The summed E-state index contributed by atoms with van der Waals surface area (Å²) < 4.78 is 0. The van der Waals surface area contributed by atoms with Crippen LogP contribution in [0.15, 0.2) is 18.3 Å². The molecule has 3 nitrogen and oxygen atoms in total. The highest BCUT2D eigenvalue weighted by Crippen LogP contribution is 1.96. The average molecular weight is 135 g/mol. The van der Waals surface area contributed by atoms with Gasteiger partial charge in [0, 0.05) is 19.2 Å². The summed E-state index contributed by atoms with van der Waals surface area (Å²) in [6.07, 6.45) is 1.60. The molecule has 1 aromatic rings. The minimum Gasteiger partial charge on any atom is -0.310 e. The minimum atomic E-state index is -0.130. The van der Waals surface area contributed by atoms with Crippen molar-refractivity contribution in [2.45, 2.75) is 6.92 Å². The number of hydrogen-bond donors (Lipinski definition) is 1. The number of pyridine rings is 1. The number of rotatable bonds is 1. The van der Waals surface area contributed by atoms with E-state index in [1.165, 1.54) is 6.92 Å². The number of amides is 1. The second-order valence-electron chi connectivity index (χ2n) is 1.81. The van der Waals surface area contributed by atoms with Crippen LogP contribution in [0.2, 0.25) is 0 Å². The Morgan fingerprint density at radius 2 is 2.60 bits per heavy atom. The Hall–Kier alpha value is -1.38. The molecule has 0 aliphatic carbocycles. The molecular weight excluding hydrogens is 128 g/mol. The Kier molecular flexibility index (Phi) is 1.99. The number of carbonyl (C=O) groups excluding carboxylic acids is 1. The summed E-state index contributed by atoms with van der Waals surface area (Å²) in [7, 11) is 0. The van der Waals surface area contributed by atoms with Crippen molar-refractivity contribution in [2.24, 2.45) is 0 Å². The Balaban J connectivity index is 2.67. The molecule has 0 saturated carbocycles. The molecule has 1 rings (SSSR count). The molecule has 1 amide bonds. The van der Waals surface area contributed by atoms with Gasteiger partial charge in [-0.15, -0.1) is 0 Å². The topological polar surface area (TPSA) is 42.0 Å². The van der Waals surface area contributed by atoms with Gasteiger partial charge >= 0.3 is 0 Å². The summed E-state index contributed by atoms with van der Waals surface area (Å²) in [4.78, 5) is 14.3. The molecule has 3 heteroatoms. The SMILES string of the molecule is CC(=O)Nc1[c]cccn1. The Morgan fingerprint density at radius 1 is 1.80 bits per heavy atom. The highest BCUT2D eigenvalue weighted by atomic mass is 16.1. The zero-order valence-corrected chi connectivity index (χ0v) is 5.59. The van der Waals surface area contributed by atoms with Crippen molar-refractivity contribution in [2.75, 3.05) is 5.32 Å². The molecule has 1 radical (unpaired) electrons. The van der Waals surface area contributed by atoms with Gasteiger partial charge in [0.25, 0.3) is 0 Å². The third-order valence-corrected chi connectivity index (χ3v) is 0.900. The first-order valence-electron chi connectivity index (χ1n) is 2.89. The second kappa shape index (κ2) is 2.96. The van der Waals surface area contributed by atoms with E-state index < -0.39 is 0 Å². The van der Waals surface area contributed by atoms with E-state index in [0.717, 1.165) is 0 Å². The quantitative estimate of drug-likeness (QED) is 0.620. The molecule has 0 aromatic carbocycles. The van der Waals surface area contributed by atoms with Gasteiger partial charge in [0.15, 0.2) is 0 Å². The number of carbonyl (C=O) groups is 1. The molecular formula is C7H7N2O. The van der Waals surface area contributed by atoms with Gasteiger partial charge in [-0.1, -0.05) is 0 Å². The normalized spacial score (nSPS) is 8.90. The molecule has 0 spiro atoms. The van der Waals surface area contributed by atoms with Gasteiger partial charge in [-0.2, -0.15) is 0 Å². The Labute approximate surface area is 59.1 Å². The van der Waals surface area contributed by atoms with Crippen LogP contribution in [0, 0.1) is 6.07 Å². The van der Waals surface area contributed by atoms with Gasteiger partial charge in [-0.05, 0) is 12.1 Å². The van der Waals surface area contributed by atoms with Crippen LogP contribution in [-0.2, 0) is 4.79 Å². The number of anilines is 1. The van der Waals surface area contributed by atoms with Gasteiger partial charge in [-0.25, -0.2) is 4.98 Å². The summed E-state index contributed by atoms with van der Waals surface area (Å²) in [5.41, 5.74) is 0. The standard InChI is InChI=1S/C7H7N2O/c1-6(10)9-7-4-2-3-5-8-7/h2-3,5H,1H3,(H,8,9,10). The second-order valence-corrected chi connectivity index (χ2v) is 1.81. The van der Waals surface area contributed by atoms with Crippen LogP contribution >= 0.6 is 0 Å². The predicted octanol–water partition coefficient (Wildman–Crippen LogP) is 0.840. The van der Waals surface area contributed by atoms with Crippen LogP contribution < -0.4 is 5.32 Å². The largest absolute Gasteiger partial charge is 0.310 e. The fourth-order valence-electron chi connectivity index (χ4n) is 0.560. The van der Waals surface area contributed by atoms with Gasteiger partial charge in [0.05, 0.1) is 0 Å². The first-order chi connectivity index (χ1) is 4.79. The number of nitrogens with one attached hydrogen (secondary N) is 1. The minimum absolute atomic E-state index is 0.130. The third-order valence-electron chi connectivity index (χ3n) is 0.900. The summed E-state index contributed by atoms with van der Waals surface area (Å²) >= 11 is 0. The molecule has 51 valence electrons. The number of aromatic nitrogens is 1. The zero-order valence-electron chi connectivity index (χ0n) is 5.59. The van der Waals surface area contributed by atoms with E-state index in [1.807, 2.05) is 0 Å². The number of nitrogens with zero attached hydrogens (tertiary/aromatic N) is 1. The third kappa shape index (κ3) is 1.85.